The molecule has 3 aromatic rings. The molecule has 0 saturated carbocycles. The summed E-state index contributed by atoms with van der Waals surface area (Å²) >= 11 is 9.52. The van der Waals surface area contributed by atoms with E-state index in [1.165, 1.54) is 0 Å². The van der Waals surface area contributed by atoms with E-state index in [0.29, 0.717) is 18.1 Å². The number of halogens is 2. The van der Waals surface area contributed by atoms with Crippen molar-refractivity contribution in [3.8, 4) is 5.75 Å². The van der Waals surface area contributed by atoms with Gasteiger partial charge >= 0.3 is 0 Å². The van der Waals surface area contributed by atoms with Gasteiger partial charge in [0.2, 0.25) is 0 Å². The molecule has 0 aliphatic heterocycles. The Kier molecular flexibility index (Phi) is 8.17. The Hall–Kier alpha value is -1.81. The van der Waals surface area contributed by atoms with Crippen LogP contribution in [0.4, 0.5) is 0 Å². The molecule has 0 aliphatic rings. The van der Waals surface area contributed by atoms with Gasteiger partial charge in [0.15, 0.2) is 0 Å². The molecule has 0 aromatic heterocycles. The van der Waals surface area contributed by atoms with Crippen LogP contribution in [0, 0.1) is 0 Å². The molecular formula is C25H26BrClO2. The van der Waals surface area contributed by atoms with E-state index in [2.05, 4.69) is 15.9 Å². The Morgan fingerprint density at radius 1 is 0.793 bits per heavy atom. The fraction of sp³-hybridized carbons (Fsp3) is 0.280. The van der Waals surface area contributed by atoms with Gasteiger partial charge in [-0.2, -0.15) is 0 Å². The maximum atomic E-state index is 11.8. The molecule has 0 saturated heterocycles. The van der Waals surface area contributed by atoms with E-state index in [0.717, 1.165) is 47.0 Å². The number of ether oxygens (including phenoxy) is 1. The smallest absolute Gasteiger partial charge is 0.119 e. The van der Waals surface area contributed by atoms with Crippen LogP contribution < -0.4 is 4.74 Å². The molecule has 1 N–H and O–H groups in total. The maximum Gasteiger partial charge on any atom is 0.119 e. The van der Waals surface area contributed by atoms with Crippen LogP contribution in [-0.4, -0.2) is 17.0 Å². The second-order valence-electron chi connectivity index (χ2n) is 7.15. The lowest BCUT2D eigenvalue weighted by atomic mass is 9.81. The van der Waals surface area contributed by atoms with Crippen LogP contribution >= 0.6 is 27.5 Å². The van der Waals surface area contributed by atoms with Crippen molar-refractivity contribution in [1.29, 1.82) is 0 Å². The first-order valence-electron chi connectivity index (χ1n) is 9.93. The van der Waals surface area contributed by atoms with E-state index < -0.39 is 5.60 Å². The molecule has 3 aromatic carbocycles. The van der Waals surface area contributed by atoms with Crippen molar-refractivity contribution in [2.75, 3.05) is 11.9 Å². The number of rotatable bonds is 10. The molecule has 2 nitrogen and oxygen atoms in total. The van der Waals surface area contributed by atoms with E-state index in [4.69, 9.17) is 16.3 Å². The quantitative estimate of drug-likeness (QED) is 0.260. The molecule has 152 valence electrons. The SMILES string of the molecule is OC(Cc1ccccc1)(c1ccc(Cl)cc1)c1ccc(OCCCCCBr)cc1. The molecule has 29 heavy (non-hydrogen) atoms. The lowest BCUT2D eigenvalue weighted by Crippen LogP contribution is -2.30. The minimum absolute atomic E-state index is 0.474. The molecular weight excluding hydrogens is 448 g/mol. The fourth-order valence-electron chi connectivity index (χ4n) is 3.38. The van der Waals surface area contributed by atoms with Gasteiger partial charge in [-0.3, -0.25) is 0 Å². The van der Waals surface area contributed by atoms with E-state index in [1.54, 1.807) is 0 Å². The van der Waals surface area contributed by atoms with Crippen molar-refractivity contribution < 1.29 is 9.84 Å². The van der Waals surface area contributed by atoms with Crippen LogP contribution in [0.1, 0.15) is 36.0 Å². The first kappa shape index (κ1) is 21.9. The number of benzene rings is 3. The molecule has 0 spiro atoms. The Bertz CT molecular complexity index is 866. The molecule has 0 bridgehead atoms. The lowest BCUT2D eigenvalue weighted by Gasteiger charge is -2.30. The summed E-state index contributed by atoms with van der Waals surface area (Å²) in [6, 6.07) is 25.2. The van der Waals surface area contributed by atoms with Crippen LogP contribution in [0.25, 0.3) is 0 Å². The van der Waals surface area contributed by atoms with E-state index >= 15 is 0 Å². The second-order valence-corrected chi connectivity index (χ2v) is 8.38. The minimum atomic E-state index is -1.15. The molecule has 1 atom stereocenters. The predicted octanol–water partition coefficient (Wildman–Crippen LogP) is 6.76. The molecule has 0 amide bonds. The maximum absolute atomic E-state index is 11.8. The summed E-state index contributed by atoms with van der Waals surface area (Å²) in [5.74, 6) is 0.825. The molecule has 4 heteroatoms. The molecule has 0 fully saturated rings. The number of hydrogen-bond acceptors (Lipinski definition) is 2. The van der Waals surface area contributed by atoms with Gasteiger partial charge in [-0.15, -0.1) is 0 Å². The zero-order valence-corrected chi connectivity index (χ0v) is 18.7. The van der Waals surface area contributed by atoms with E-state index in [-0.39, 0.29) is 0 Å². The third kappa shape index (κ3) is 6.08. The summed E-state index contributed by atoms with van der Waals surface area (Å²) < 4.78 is 5.85. The van der Waals surface area contributed by atoms with Crippen LogP contribution in [0.2, 0.25) is 5.02 Å². The average molecular weight is 474 g/mol. The average Bonchev–Trinajstić information content (AvgIpc) is 2.75. The largest absolute Gasteiger partial charge is 0.494 e. The van der Waals surface area contributed by atoms with E-state index in [9.17, 15) is 5.11 Å². The van der Waals surface area contributed by atoms with Gasteiger partial charge in [-0.25, -0.2) is 0 Å². The molecule has 0 aliphatic carbocycles. The van der Waals surface area contributed by atoms with Gasteiger partial charge in [0.1, 0.15) is 11.4 Å². The van der Waals surface area contributed by atoms with Crippen molar-refractivity contribution in [2.45, 2.75) is 31.3 Å². The van der Waals surface area contributed by atoms with Crippen LogP contribution in [0.15, 0.2) is 78.9 Å². The van der Waals surface area contributed by atoms with Crippen molar-refractivity contribution in [1.82, 2.24) is 0 Å². The summed E-state index contributed by atoms with van der Waals surface area (Å²) in [4.78, 5) is 0. The van der Waals surface area contributed by atoms with Crippen molar-refractivity contribution in [3.63, 3.8) is 0 Å². The normalized spacial score (nSPS) is 13.1. The first-order chi connectivity index (χ1) is 14.1. The number of unbranched alkanes of at least 4 members (excludes halogenated alkanes) is 2. The summed E-state index contributed by atoms with van der Waals surface area (Å²) in [6.07, 6.45) is 3.82. The fourth-order valence-corrected chi connectivity index (χ4v) is 3.90. The summed E-state index contributed by atoms with van der Waals surface area (Å²) in [5, 5.41) is 13.5. The lowest BCUT2D eigenvalue weighted by molar-refractivity contribution is 0.0811. The third-order valence-corrected chi connectivity index (χ3v) is 5.82. The van der Waals surface area contributed by atoms with Gasteiger partial charge in [0, 0.05) is 16.8 Å². The second kappa shape index (κ2) is 10.8. The molecule has 0 heterocycles. The summed E-state index contributed by atoms with van der Waals surface area (Å²) in [7, 11) is 0. The predicted molar refractivity (Wildman–Crippen MR) is 124 cm³/mol. The highest BCUT2D eigenvalue weighted by Crippen LogP contribution is 2.35. The first-order valence-corrected chi connectivity index (χ1v) is 11.4. The van der Waals surface area contributed by atoms with Gasteiger partial charge in [0.25, 0.3) is 0 Å². The highest BCUT2D eigenvalue weighted by molar-refractivity contribution is 9.09. The molecule has 1 unspecified atom stereocenters. The van der Waals surface area contributed by atoms with Crippen molar-refractivity contribution in [2.24, 2.45) is 0 Å². The van der Waals surface area contributed by atoms with E-state index in [1.807, 2.05) is 78.9 Å². The third-order valence-electron chi connectivity index (χ3n) is 5.00. The number of alkyl halides is 1. The molecule has 0 radical (unpaired) electrons. The zero-order valence-electron chi connectivity index (χ0n) is 16.4. The van der Waals surface area contributed by atoms with Crippen LogP contribution in [0.5, 0.6) is 5.75 Å². The number of aliphatic hydroxyl groups is 1. The van der Waals surface area contributed by atoms with Crippen molar-refractivity contribution >= 4 is 27.5 Å². The van der Waals surface area contributed by atoms with Gasteiger partial charge in [-0.05, 0) is 60.2 Å². The van der Waals surface area contributed by atoms with Gasteiger partial charge in [-0.1, -0.05) is 82.1 Å². The standard InChI is InChI=1S/C25H26BrClO2/c26-17-5-2-6-18-29-24-15-11-22(12-16-24)25(28,19-20-7-3-1-4-8-20)21-9-13-23(27)14-10-21/h1,3-4,7-16,28H,2,5-6,17-19H2. The Balaban J connectivity index is 1.81. The topological polar surface area (TPSA) is 29.5 Å². The Labute approximate surface area is 186 Å². The van der Waals surface area contributed by atoms with Crippen molar-refractivity contribution in [3.05, 3.63) is 101 Å². The Morgan fingerprint density at radius 2 is 1.41 bits per heavy atom. The Morgan fingerprint density at radius 3 is 2.03 bits per heavy atom. The highest BCUT2D eigenvalue weighted by Gasteiger charge is 2.32. The minimum Gasteiger partial charge on any atom is -0.494 e. The zero-order chi connectivity index (χ0) is 20.5. The number of hydrogen-bond donors (Lipinski definition) is 1. The highest BCUT2D eigenvalue weighted by atomic mass is 79.9. The van der Waals surface area contributed by atoms with Gasteiger partial charge < -0.3 is 9.84 Å². The monoisotopic (exact) mass is 472 g/mol. The van der Waals surface area contributed by atoms with Crippen LogP contribution in [-0.2, 0) is 12.0 Å². The van der Waals surface area contributed by atoms with Crippen LogP contribution in [0.3, 0.4) is 0 Å². The molecule has 3 rings (SSSR count). The van der Waals surface area contributed by atoms with Gasteiger partial charge in [0.05, 0.1) is 6.61 Å². The summed E-state index contributed by atoms with van der Waals surface area (Å²) in [5.41, 5.74) is 1.56. The summed E-state index contributed by atoms with van der Waals surface area (Å²) in [6.45, 7) is 0.706.